The van der Waals surface area contributed by atoms with E-state index >= 15 is 0 Å². The molecule has 1 N–H and O–H groups in total. The van der Waals surface area contributed by atoms with E-state index in [-0.39, 0.29) is 0 Å². The molecule has 0 saturated carbocycles. The maximum atomic E-state index is 3.78. The number of nitrogens with one attached hydrogen (secondary N) is 1. The normalized spacial score (nSPS) is 12.3. The molecule has 1 unspecified atom stereocenters. The van der Waals surface area contributed by atoms with Gasteiger partial charge in [-0.3, -0.25) is 0 Å². The number of aryl methyl sites for hydroxylation is 1. The lowest BCUT2D eigenvalue weighted by Crippen LogP contribution is -2.23. The lowest BCUT2D eigenvalue weighted by atomic mass is 9.88. The highest BCUT2D eigenvalue weighted by molar-refractivity contribution is 5.32. The molecule has 1 nitrogen and oxygen atoms in total. The zero-order valence-corrected chi connectivity index (χ0v) is 15.9. The van der Waals surface area contributed by atoms with Crippen molar-refractivity contribution in [3.05, 3.63) is 107 Å². The molecule has 1 heteroatoms. The summed E-state index contributed by atoms with van der Waals surface area (Å²) in [5, 5.41) is 3.78. The van der Waals surface area contributed by atoms with Gasteiger partial charge < -0.3 is 5.32 Å². The molecule has 1 atom stereocenters. The monoisotopic (exact) mass is 343 g/mol. The topological polar surface area (TPSA) is 12.0 Å². The van der Waals surface area contributed by atoms with E-state index in [2.05, 4.69) is 104 Å². The Kier molecular flexibility index (Phi) is 6.62. The van der Waals surface area contributed by atoms with E-state index in [0.717, 1.165) is 19.4 Å². The third kappa shape index (κ3) is 4.83. The molecule has 0 radical (unpaired) electrons. The van der Waals surface area contributed by atoms with E-state index in [0.29, 0.717) is 12.0 Å². The summed E-state index contributed by atoms with van der Waals surface area (Å²) in [6.07, 6.45) is 2.20. The molecule has 26 heavy (non-hydrogen) atoms. The maximum Gasteiger partial charge on any atom is 0.0317 e. The van der Waals surface area contributed by atoms with E-state index in [1.54, 1.807) is 0 Å². The minimum Gasteiger partial charge on any atom is -0.310 e. The summed E-state index contributed by atoms with van der Waals surface area (Å²) in [5.74, 6) is 0.431. The Balaban J connectivity index is 1.69. The van der Waals surface area contributed by atoms with Gasteiger partial charge in [0.15, 0.2) is 0 Å². The van der Waals surface area contributed by atoms with Crippen LogP contribution in [0.15, 0.2) is 84.9 Å². The number of benzene rings is 3. The highest BCUT2D eigenvalue weighted by Crippen LogP contribution is 2.28. The predicted molar refractivity (Wildman–Crippen MR) is 112 cm³/mol. The first-order chi connectivity index (χ1) is 12.8. The van der Waals surface area contributed by atoms with Crippen LogP contribution in [0.1, 0.15) is 54.0 Å². The smallest absolute Gasteiger partial charge is 0.0317 e. The van der Waals surface area contributed by atoms with Crippen LogP contribution in [0.3, 0.4) is 0 Å². The average Bonchev–Trinajstić information content (AvgIpc) is 2.70. The Hall–Kier alpha value is -2.38. The summed E-state index contributed by atoms with van der Waals surface area (Å²) < 4.78 is 0. The summed E-state index contributed by atoms with van der Waals surface area (Å²) >= 11 is 0. The molecule has 0 spiro atoms. The van der Waals surface area contributed by atoms with Crippen molar-refractivity contribution in [1.82, 2.24) is 5.32 Å². The molecule has 134 valence electrons. The van der Waals surface area contributed by atoms with Crippen molar-refractivity contribution in [2.75, 3.05) is 6.54 Å². The van der Waals surface area contributed by atoms with Gasteiger partial charge in [-0.25, -0.2) is 0 Å². The standard InChI is InChI=1S/C25H29N/c1-3-25(23-16-14-20(2)15-17-23)26-19-18-24(21-10-6-4-7-11-21)22-12-8-5-9-13-22/h4-17,24-26H,3,18-19H2,1-2H3. The quantitative estimate of drug-likeness (QED) is 0.509. The van der Waals surface area contributed by atoms with Gasteiger partial charge in [0.25, 0.3) is 0 Å². The van der Waals surface area contributed by atoms with Crippen LogP contribution in [-0.4, -0.2) is 6.54 Å². The molecule has 0 aliphatic heterocycles. The lowest BCUT2D eigenvalue weighted by Gasteiger charge is -2.22. The molecule has 0 aromatic heterocycles. The Labute approximate surface area is 158 Å². The van der Waals surface area contributed by atoms with Crippen molar-refractivity contribution in [3.8, 4) is 0 Å². The molecular formula is C25H29N. The van der Waals surface area contributed by atoms with Crippen molar-refractivity contribution in [2.45, 2.75) is 38.6 Å². The van der Waals surface area contributed by atoms with Gasteiger partial charge in [-0.15, -0.1) is 0 Å². The van der Waals surface area contributed by atoms with Crippen molar-refractivity contribution >= 4 is 0 Å². The highest BCUT2D eigenvalue weighted by atomic mass is 14.9. The molecule has 0 aliphatic rings. The van der Waals surface area contributed by atoms with Crippen molar-refractivity contribution in [3.63, 3.8) is 0 Å². The number of hydrogen-bond acceptors (Lipinski definition) is 1. The fraction of sp³-hybridized carbons (Fsp3) is 0.280. The van der Waals surface area contributed by atoms with Gasteiger partial charge in [-0.2, -0.15) is 0 Å². The SMILES string of the molecule is CCC(NCCC(c1ccccc1)c1ccccc1)c1ccc(C)cc1. The fourth-order valence-electron chi connectivity index (χ4n) is 3.60. The molecule has 3 aromatic rings. The third-order valence-corrected chi connectivity index (χ3v) is 5.12. The predicted octanol–water partition coefficient (Wildman–Crippen LogP) is 6.26. The van der Waals surface area contributed by atoms with Crippen molar-refractivity contribution in [2.24, 2.45) is 0 Å². The fourth-order valence-corrected chi connectivity index (χ4v) is 3.60. The average molecular weight is 344 g/mol. The maximum absolute atomic E-state index is 3.78. The Bertz CT molecular complexity index is 723. The summed E-state index contributed by atoms with van der Waals surface area (Å²) in [5.41, 5.74) is 5.48. The molecular weight excluding hydrogens is 314 g/mol. The summed E-state index contributed by atoms with van der Waals surface area (Å²) in [6, 6.07) is 31.1. The summed E-state index contributed by atoms with van der Waals surface area (Å²) in [4.78, 5) is 0. The van der Waals surface area contributed by atoms with E-state index in [9.17, 15) is 0 Å². The molecule has 0 amide bonds. The molecule has 0 bridgehead atoms. The van der Waals surface area contributed by atoms with Gasteiger partial charge in [0, 0.05) is 12.0 Å². The van der Waals surface area contributed by atoms with Gasteiger partial charge >= 0.3 is 0 Å². The van der Waals surface area contributed by atoms with E-state index in [1.807, 2.05) is 0 Å². The summed E-state index contributed by atoms with van der Waals surface area (Å²) in [7, 11) is 0. The largest absolute Gasteiger partial charge is 0.310 e. The van der Waals surface area contributed by atoms with Crippen LogP contribution in [-0.2, 0) is 0 Å². The minimum absolute atomic E-state index is 0.419. The Morgan fingerprint density at radius 2 is 1.23 bits per heavy atom. The van der Waals surface area contributed by atoms with Crippen LogP contribution in [0.25, 0.3) is 0 Å². The lowest BCUT2D eigenvalue weighted by molar-refractivity contribution is 0.499. The zero-order valence-electron chi connectivity index (χ0n) is 15.9. The molecule has 0 saturated heterocycles. The second-order valence-corrected chi connectivity index (χ2v) is 6.99. The van der Waals surface area contributed by atoms with Gasteiger partial charge in [-0.1, -0.05) is 97.4 Å². The Morgan fingerprint density at radius 3 is 1.73 bits per heavy atom. The van der Waals surface area contributed by atoms with E-state index in [1.165, 1.54) is 22.3 Å². The highest BCUT2D eigenvalue weighted by Gasteiger charge is 2.15. The van der Waals surface area contributed by atoms with Crippen LogP contribution in [0, 0.1) is 6.92 Å². The van der Waals surface area contributed by atoms with Crippen LogP contribution in [0.5, 0.6) is 0 Å². The first-order valence-corrected chi connectivity index (χ1v) is 9.67. The second-order valence-electron chi connectivity index (χ2n) is 6.99. The summed E-state index contributed by atoms with van der Waals surface area (Å²) in [6.45, 7) is 5.40. The molecule has 0 fully saturated rings. The van der Waals surface area contributed by atoms with E-state index < -0.39 is 0 Å². The first kappa shape index (κ1) is 18.4. The second kappa shape index (κ2) is 9.35. The van der Waals surface area contributed by atoms with Gasteiger partial charge in [0.1, 0.15) is 0 Å². The van der Waals surface area contributed by atoms with Crippen molar-refractivity contribution < 1.29 is 0 Å². The van der Waals surface area contributed by atoms with E-state index in [4.69, 9.17) is 0 Å². The minimum atomic E-state index is 0.419. The van der Waals surface area contributed by atoms with Gasteiger partial charge in [0.2, 0.25) is 0 Å². The Morgan fingerprint density at radius 1 is 0.692 bits per heavy atom. The number of hydrogen-bond donors (Lipinski definition) is 1. The van der Waals surface area contributed by atoms with Crippen molar-refractivity contribution in [1.29, 1.82) is 0 Å². The van der Waals surface area contributed by atoms with Crippen LogP contribution >= 0.6 is 0 Å². The van der Waals surface area contributed by atoms with Crippen LogP contribution in [0.4, 0.5) is 0 Å². The van der Waals surface area contributed by atoms with Gasteiger partial charge in [-0.05, 0) is 43.0 Å². The molecule has 3 aromatic carbocycles. The molecule has 0 aliphatic carbocycles. The third-order valence-electron chi connectivity index (χ3n) is 5.12. The number of rotatable bonds is 8. The first-order valence-electron chi connectivity index (χ1n) is 9.67. The van der Waals surface area contributed by atoms with Crippen LogP contribution < -0.4 is 5.32 Å². The van der Waals surface area contributed by atoms with Gasteiger partial charge in [0.05, 0.1) is 0 Å². The molecule has 0 heterocycles. The molecule has 3 rings (SSSR count). The van der Waals surface area contributed by atoms with Crippen LogP contribution in [0.2, 0.25) is 0 Å². The zero-order chi connectivity index (χ0) is 18.2.